The van der Waals surface area contributed by atoms with Gasteiger partial charge < -0.3 is 21.2 Å². The Bertz CT molecular complexity index is 499. The smallest absolute Gasteiger partial charge is 0.273 e. The van der Waals surface area contributed by atoms with Gasteiger partial charge in [-0.1, -0.05) is 13.3 Å². The Balaban J connectivity index is 2.94. The second-order valence-corrected chi connectivity index (χ2v) is 4.33. The third kappa shape index (κ3) is 4.27. The summed E-state index contributed by atoms with van der Waals surface area (Å²) in [5.74, 6) is 5.30. The van der Waals surface area contributed by atoms with Crippen LogP contribution in [0.5, 0.6) is 5.75 Å². The first-order valence-electron chi connectivity index (χ1n) is 6.68. The Hall–Kier alpha value is -2.02. The average molecular weight is 282 g/mol. The molecule has 0 unspecified atom stereocenters. The first-order valence-corrected chi connectivity index (χ1v) is 6.68. The van der Waals surface area contributed by atoms with Crippen LogP contribution in [0, 0.1) is 0 Å². The van der Waals surface area contributed by atoms with Gasteiger partial charge in [-0.2, -0.15) is 0 Å². The molecule has 0 atom stereocenters. The maximum atomic E-state index is 12.1. The van der Waals surface area contributed by atoms with Gasteiger partial charge in [0.1, 0.15) is 0 Å². The molecule has 1 heterocycles. The first kappa shape index (κ1) is 16.0. The molecule has 1 aromatic rings. The monoisotopic (exact) mass is 282 g/mol. The number of carbonyl (C=O) groups is 1. The van der Waals surface area contributed by atoms with E-state index in [1.165, 1.54) is 12.3 Å². The van der Waals surface area contributed by atoms with E-state index in [1.807, 2.05) is 6.92 Å². The molecule has 7 heteroatoms. The summed E-state index contributed by atoms with van der Waals surface area (Å²) in [4.78, 5) is 23.9. The Morgan fingerprint density at radius 1 is 1.45 bits per heavy atom. The molecular formula is C13H22N4O3. The lowest BCUT2D eigenvalue weighted by molar-refractivity contribution is 0.0940. The van der Waals surface area contributed by atoms with E-state index in [4.69, 9.17) is 10.6 Å². The van der Waals surface area contributed by atoms with Gasteiger partial charge in [0, 0.05) is 25.4 Å². The molecule has 0 aliphatic rings. The zero-order chi connectivity index (χ0) is 15.0. The van der Waals surface area contributed by atoms with Crippen molar-refractivity contribution in [1.82, 2.24) is 15.3 Å². The minimum Gasteiger partial charge on any atom is -0.487 e. The molecule has 0 bridgehead atoms. The van der Waals surface area contributed by atoms with Crippen LogP contribution in [0.2, 0.25) is 0 Å². The lowest BCUT2D eigenvalue weighted by Gasteiger charge is -2.14. The van der Waals surface area contributed by atoms with Crippen molar-refractivity contribution in [3.05, 3.63) is 28.2 Å². The van der Waals surface area contributed by atoms with Crippen molar-refractivity contribution >= 4 is 5.91 Å². The number of pyridine rings is 1. The van der Waals surface area contributed by atoms with E-state index in [2.05, 4.69) is 10.6 Å². The number of nitrogens with zero attached hydrogens (tertiary/aromatic N) is 1. The fraction of sp³-hybridized carbons (Fsp3) is 0.538. The number of carbonyl (C=O) groups excluding carboxylic acids is 1. The van der Waals surface area contributed by atoms with E-state index < -0.39 is 5.91 Å². The van der Waals surface area contributed by atoms with Crippen LogP contribution in [0.4, 0.5) is 0 Å². The lowest BCUT2D eigenvalue weighted by atomic mass is 10.3. The molecular weight excluding hydrogens is 260 g/mol. The van der Waals surface area contributed by atoms with E-state index in [0.717, 1.165) is 17.5 Å². The maximum absolute atomic E-state index is 12.1. The molecule has 1 rings (SSSR count). The molecule has 0 spiro atoms. The molecule has 7 nitrogen and oxygen atoms in total. The number of nitrogen functional groups attached to an aromatic ring is 1. The number of nitrogens with one attached hydrogen (secondary N) is 2. The summed E-state index contributed by atoms with van der Waals surface area (Å²) in [7, 11) is 1.78. The topological polar surface area (TPSA) is 98.4 Å². The fourth-order valence-electron chi connectivity index (χ4n) is 1.60. The molecule has 4 N–H and O–H groups in total. The van der Waals surface area contributed by atoms with Crippen molar-refractivity contribution < 1.29 is 9.53 Å². The van der Waals surface area contributed by atoms with E-state index in [-0.39, 0.29) is 16.9 Å². The summed E-state index contributed by atoms with van der Waals surface area (Å²) >= 11 is 0. The maximum Gasteiger partial charge on any atom is 0.273 e. The summed E-state index contributed by atoms with van der Waals surface area (Å²) in [5, 5.41) is 5.59. The van der Waals surface area contributed by atoms with Gasteiger partial charge in [-0.05, 0) is 13.5 Å². The summed E-state index contributed by atoms with van der Waals surface area (Å²) in [5.41, 5.74) is -0.300. The number of unbranched alkanes of at least 4 members (excludes halogenated alkanes) is 1. The fourth-order valence-corrected chi connectivity index (χ4v) is 1.60. The summed E-state index contributed by atoms with van der Waals surface area (Å²) in [6.45, 7) is 3.46. The predicted octanol–water partition coefficient (Wildman–Crippen LogP) is -0.310. The van der Waals surface area contributed by atoms with Crippen LogP contribution in [-0.4, -0.2) is 37.3 Å². The first-order chi connectivity index (χ1) is 9.61. The second-order valence-electron chi connectivity index (χ2n) is 4.33. The van der Waals surface area contributed by atoms with Gasteiger partial charge in [0.25, 0.3) is 5.91 Å². The van der Waals surface area contributed by atoms with Crippen LogP contribution in [0.3, 0.4) is 0 Å². The largest absolute Gasteiger partial charge is 0.487 e. The number of amides is 1. The number of likely N-dealkylation sites (N-methyl/N-ethyl adjacent to an activating group) is 1. The van der Waals surface area contributed by atoms with E-state index >= 15 is 0 Å². The minimum atomic E-state index is -0.424. The zero-order valence-electron chi connectivity index (χ0n) is 11.9. The third-order valence-corrected chi connectivity index (χ3v) is 2.70. The Kier molecular flexibility index (Phi) is 6.58. The highest BCUT2D eigenvalue weighted by molar-refractivity contribution is 5.95. The molecule has 1 aromatic heterocycles. The molecule has 112 valence electrons. The normalized spacial score (nSPS) is 10.3. The van der Waals surface area contributed by atoms with Crippen LogP contribution in [0.15, 0.2) is 17.1 Å². The van der Waals surface area contributed by atoms with Gasteiger partial charge in [0.15, 0.2) is 11.4 Å². The van der Waals surface area contributed by atoms with Crippen LogP contribution >= 0.6 is 0 Å². The van der Waals surface area contributed by atoms with Crippen LogP contribution in [0.1, 0.15) is 30.3 Å². The third-order valence-electron chi connectivity index (χ3n) is 2.70. The average Bonchev–Trinajstić information content (AvgIpc) is 2.43. The van der Waals surface area contributed by atoms with Gasteiger partial charge in [0.2, 0.25) is 5.43 Å². The standard InChI is InChI=1S/C13H22N4O3/c1-3-4-9-20-12-10(18)5-8-17(14)11(12)13(19)16-7-6-15-2/h5,8,15H,3-4,6-7,9,14H2,1-2H3,(H,16,19). The minimum absolute atomic E-state index is 0.00501. The van der Waals surface area contributed by atoms with Crippen molar-refractivity contribution in [2.45, 2.75) is 19.8 Å². The van der Waals surface area contributed by atoms with E-state index in [9.17, 15) is 9.59 Å². The van der Waals surface area contributed by atoms with E-state index in [1.54, 1.807) is 7.05 Å². The second kappa shape index (κ2) is 8.21. The van der Waals surface area contributed by atoms with Gasteiger partial charge >= 0.3 is 0 Å². The number of hydrogen-bond acceptors (Lipinski definition) is 5. The van der Waals surface area contributed by atoms with E-state index in [0.29, 0.717) is 19.7 Å². The van der Waals surface area contributed by atoms with Gasteiger partial charge in [0.05, 0.1) is 6.61 Å². The lowest BCUT2D eigenvalue weighted by Crippen LogP contribution is -2.35. The number of nitrogens with two attached hydrogens (primary N) is 1. The molecule has 20 heavy (non-hydrogen) atoms. The van der Waals surface area contributed by atoms with Crippen LogP contribution < -0.4 is 26.6 Å². The molecule has 0 aliphatic heterocycles. The Morgan fingerprint density at radius 3 is 2.85 bits per heavy atom. The Morgan fingerprint density at radius 2 is 2.20 bits per heavy atom. The predicted molar refractivity (Wildman–Crippen MR) is 77.5 cm³/mol. The SMILES string of the molecule is CCCCOc1c(C(=O)NCCNC)n(N)ccc1=O. The van der Waals surface area contributed by atoms with Crippen molar-refractivity contribution in [3.63, 3.8) is 0 Å². The van der Waals surface area contributed by atoms with Crippen molar-refractivity contribution in [2.75, 3.05) is 32.6 Å². The number of rotatable bonds is 8. The molecule has 0 fully saturated rings. The molecule has 0 saturated heterocycles. The molecule has 1 amide bonds. The Labute approximate surface area is 118 Å². The molecule has 0 aliphatic carbocycles. The van der Waals surface area contributed by atoms with Crippen molar-refractivity contribution in [3.8, 4) is 5.75 Å². The van der Waals surface area contributed by atoms with Gasteiger partial charge in [-0.25, -0.2) is 0 Å². The van der Waals surface area contributed by atoms with Crippen molar-refractivity contribution in [1.29, 1.82) is 0 Å². The highest BCUT2D eigenvalue weighted by atomic mass is 16.5. The highest BCUT2D eigenvalue weighted by Crippen LogP contribution is 2.12. The number of hydrogen-bond donors (Lipinski definition) is 3. The van der Waals surface area contributed by atoms with Crippen molar-refractivity contribution in [2.24, 2.45) is 0 Å². The van der Waals surface area contributed by atoms with Crippen LogP contribution in [-0.2, 0) is 0 Å². The van der Waals surface area contributed by atoms with Gasteiger partial charge in [-0.15, -0.1) is 0 Å². The summed E-state index contributed by atoms with van der Waals surface area (Å²) < 4.78 is 6.54. The zero-order valence-corrected chi connectivity index (χ0v) is 11.9. The van der Waals surface area contributed by atoms with Crippen LogP contribution in [0.25, 0.3) is 0 Å². The summed E-state index contributed by atoms with van der Waals surface area (Å²) in [6, 6.07) is 1.28. The highest BCUT2D eigenvalue weighted by Gasteiger charge is 2.18. The molecule has 0 radical (unpaired) electrons. The summed E-state index contributed by atoms with van der Waals surface area (Å²) in [6.07, 6.45) is 3.09. The number of aromatic nitrogens is 1. The molecule has 0 aromatic carbocycles. The number of ether oxygens (including phenoxy) is 1. The molecule has 0 saturated carbocycles. The van der Waals surface area contributed by atoms with Gasteiger partial charge in [-0.3, -0.25) is 14.3 Å². The quantitative estimate of drug-likeness (QED) is 0.449.